The lowest BCUT2D eigenvalue weighted by molar-refractivity contribution is -0.136. The predicted octanol–water partition coefficient (Wildman–Crippen LogP) is 3.16. The van der Waals surface area contributed by atoms with Gasteiger partial charge in [-0.2, -0.15) is 0 Å². The number of hydrogen-bond acceptors (Lipinski definition) is 5. The summed E-state index contributed by atoms with van der Waals surface area (Å²) in [6, 6.07) is 4.86. The van der Waals surface area contributed by atoms with Gasteiger partial charge in [0.25, 0.3) is 5.91 Å². The molecule has 2 aliphatic heterocycles. The van der Waals surface area contributed by atoms with Gasteiger partial charge in [0.2, 0.25) is 17.7 Å². The van der Waals surface area contributed by atoms with Crippen LogP contribution in [0.4, 0.5) is 8.78 Å². The maximum Gasteiger partial charge on any atom is 0.255 e. The van der Waals surface area contributed by atoms with Gasteiger partial charge in [0.15, 0.2) is 0 Å². The summed E-state index contributed by atoms with van der Waals surface area (Å²) in [4.78, 5) is 38.2. The molecule has 3 atom stereocenters. The summed E-state index contributed by atoms with van der Waals surface area (Å²) in [5, 5.41) is 5.81. The van der Waals surface area contributed by atoms with E-state index in [1.54, 1.807) is 12.1 Å². The van der Waals surface area contributed by atoms with Gasteiger partial charge in [-0.25, -0.2) is 8.78 Å². The summed E-state index contributed by atoms with van der Waals surface area (Å²) in [6.45, 7) is 0.888. The number of ether oxygens (including phenoxy) is 1. The van der Waals surface area contributed by atoms with E-state index in [1.807, 2.05) is 6.07 Å². The number of piperidine rings is 1. The van der Waals surface area contributed by atoms with Crippen molar-refractivity contribution in [1.29, 1.82) is 0 Å². The van der Waals surface area contributed by atoms with E-state index < -0.39 is 17.9 Å². The zero-order chi connectivity index (χ0) is 23.9. The molecule has 5 rings (SSSR count). The number of imide groups is 1. The van der Waals surface area contributed by atoms with Crippen LogP contribution in [0.1, 0.15) is 73.7 Å². The van der Waals surface area contributed by atoms with Crippen molar-refractivity contribution in [3.05, 3.63) is 29.3 Å². The summed E-state index contributed by atoms with van der Waals surface area (Å²) in [7, 11) is 0. The zero-order valence-electron chi connectivity index (χ0n) is 19.2. The number of amides is 3. The van der Waals surface area contributed by atoms with E-state index in [9.17, 15) is 23.2 Å². The monoisotopic (exact) mass is 475 g/mol. The van der Waals surface area contributed by atoms with Gasteiger partial charge in [-0.15, -0.1) is 0 Å². The Morgan fingerprint density at radius 1 is 1.09 bits per heavy atom. The predicted molar refractivity (Wildman–Crippen MR) is 119 cm³/mol. The molecular weight excluding hydrogens is 444 g/mol. The van der Waals surface area contributed by atoms with E-state index in [0.29, 0.717) is 30.8 Å². The van der Waals surface area contributed by atoms with Crippen molar-refractivity contribution in [3.63, 3.8) is 0 Å². The lowest BCUT2D eigenvalue weighted by Crippen LogP contribution is -2.52. The summed E-state index contributed by atoms with van der Waals surface area (Å²) < 4.78 is 32.8. The van der Waals surface area contributed by atoms with Gasteiger partial charge in [0, 0.05) is 37.4 Å². The summed E-state index contributed by atoms with van der Waals surface area (Å²) >= 11 is 0. The second-order valence-electron chi connectivity index (χ2n) is 10.2. The molecule has 34 heavy (non-hydrogen) atoms. The van der Waals surface area contributed by atoms with Crippen molar-refractivity contribution in [1.82, 2.24) is 15.5 Å². The molecule has 3 amide bonds. The van der Waals surface area contributed by atoms with Crippen LogP contribution in [-0.2, 0) is 16.1 Å². The number of halogens is 2. The van der Waals surface area contributed by atoms with E-state index in [1.165, 1.54) is 4.90 Å². The van der Waals surface area contributed by atoms with Gasteiger partial charge in [0.05, 0.1) is 0 Å². The topological polar surface area (TPSA) is 87.7 Å². The molecule has 2 heterocycles. The highest BCUT2D eigenvalue weighted by Gasteiger charge is 2.45. The molecule has 0 aromatic heterocycles. The number of carbonyl (C=O) groups excluding carboxylic acids is 3. The lowest BCUT2D eigenvalue weighted by Gasteiger charge is -2.37. The second kappa shape index (κ2) is 9.24. The smallest absolute Gasteiger partial charge is 0.255 e. The number of nitrogens with zero attached hydrogens (tertiary/aromatic N) is 1. The van der Waals surface area contributed by atoms with Crippen molar-refractivity contribution in [2.75, 3.05) is 6.54 Å². The van der Waals surface area contributed by atoms with E-state index in [-0.39, 0.29) is 49.1 Å². The highest BCUT2D eigenvalue weighted by atomic mass is 19.3. The summed E-state index contributed by atoms with van der Waals surface area (Å²) in [6.07, 6.45) is 5.49. The first-order valence-electron chi connectivity index (χ1n) is 12.3. The van der Waals surface area contributed by atoms with Crippen LogP contribution in [0, 0.1) is 5.92 Å². The maximum atomic E-state index is 13.2. The molecule has 1 unspecified atom stereocenters. The number of hydrogen-bond donors (Lipinski definition) is 2. The molecule has 0 bridgehead atoms. The van der Waals surface area contributed by atoms with Crippen molar-refractivity contribution in [2.24, 2.45) is 5.92 Å². The fraction of sp³-hybridized carbons (Fsp3) is 0.640. The Bertz CT molecular complexity index is 977. The molecule has 2 aliphatic carbocycles. The number of nitrogens with one attached hydrogen (secondary N) is 2. The average molecular weight is 476 g/mol. The van der Waals surface area contributed by atoms with Crippen LogP contribution in [-0.4, -0.2) is 53.3 Å². The highest BCUT2D eigenvalue weighted by molar-refractivity contribution is 6.05. The number of rotatable bonds is 6. The van der Waals surface area contributed by atoms with Crippen LogP contribution >= 0.6 is 0 Å². The zero-order valence-corrected chi connectivity index (χ0v) is 19.2. The van der Waals surface area contributed by atoms with Gasteiger partial charge >= 0.3 is 0 Å². The van der Waals surface area contributed by atoms with Crippen LogP contribution in [0.25, 0.3) is 0 Å². The van der Waals surface area contributed by atoms with Gasteiger partial charge in [-0.05, 0) is 61.9 Å². The molecule has 2 saturated carbocycles. The SMILES string of the molecule is O=C1CCC(N2Cc3cc(O[C@@H]4CCCCC[C@@H]4NCC4CC(F)(F)C4)ccc3C2=O)C(=O)N1. The molecular formula is C25H31F2N3O4. The molecule has 0 spiro atoms. The largest absolute Gasteiger partial charge is 0.489 e. The maximum absolute atomic E-state index is 13.2. The quantitative estimate of drug-likeness (QED) is 0.488. The molecule has 1 aromatic rings. The van der Waals surface area contributed by atoms with E-state index in [4.69, 9.17) is 4.74 Å². The van der Waals surface area contributed by atoms with Crippen LogP contribution in [0.2, 0.25) is 0 Å². The molecule has 184 valence electrons. The molecule has 7 nitrogen and oxygen atoms in total. The van der Waals surface area contributed by atoms with Crippen molar-refractivity contribution >= 4 is 17.7 Å². The number of benzene rings is 1. The molecule has 3 fully saturated rings. The minimum atomic E-state index is -2.50. The second-order valence-corrected chi connectivity index (χ2v) is 10.2. The van der Waals surface area contributed by atoms with Crippen LogP contribution in [0.3, 0.4) is 0 Å². The standard InChI is InChI=1S/C25H31F2N3O4/c26-25(27)11-15(12-25)13-28-19-4-2-1-3-5-21(19)34-17-6-7-18-16(10-17)14-30(24(18)33)20-8-9-22(31)29-23(20)32/h6-7,10,15,19-21,28H,1-5,8-9,11-14H2,(H,29,31,32)/t19-,20?,21+/m0/s1. The minimum absolute atomic E-state index is 0.0168. The van der Waals surface area contributed by atoms with Crippen molar-refractivity contribution in [2.45, 2.75) is 88.4 Å². The summed E-state index contributed by atoms with van der Waals surface area (Å²) in [5.41, 5.74) is 1.36. The lowest BCUT2D eigenvalue weighted by atomic mass is 9.81. The highest BCUT2D eigenvalue weighted by Crippen LogP contribution is 2.42. The minimum Gasteiger partial charge on any atom is -0.489 e. The van der Waals surface area contributed by atoms with Gasteiger partial charge in [0.1, 0.15) is 17.9 Å². The molecule has 9 heteroatoms. The number of fused-ring (bicyclic) bond motifs is 1. The Labute approximate surface area is 197 Å². The van der Waals surface area contributed by atoms with E-state index in [0.717, 1.165) is 37.7 Å². The first-order valence-corrected chi connectivity index (χ1v) is 12.3. The Morgan fingerprint density at radius 2 is 1.88 bits per heavy atom. The van der Waals surface area contributed by atoms with Crippen LogP contribution in [0.5, 0.6) is 5.75 Å². The third-order valence-electron chi connectivity index (χ3n) is 7.58. The summed E-state index contributed by atoms with van der Waals surface area (Å²) in [5.74, 6) is -2.75. The number of carbonyl (C=O) groups is 3. The Morgan fingerprint density at radius 3 is 2.65 bits per heavy atom. The van der Waals surface area contributed by atoms with Gasteiger partial charge in [-0.3, -0.25) is 19.7 Å². The Kier molecular flexibility index (Phi) is 6.31. The Hall–Kier alpha value is -2.55. The molecule has 1 aromatic carbocycles. The van der Waals surface area contributed by atoms with E-state index >= 15 is 0 Å². The van der Waals surface area contributed by atoms with Crippen LogP contribution in [0.15, 0.2) is 18.2 Å². The first kappa shape index (κ1) is 23.2. The molecule has 1 saturated heterocycles. The first-order chi connectivity index (χ1) is 16.3. The van der Waals surface area contributed by atoms with Crippen molar-refractivity contribution < 1.29 is 27.9 Å². The number of alkyl halides is 2. The third kappa shape index (κ3) is 4.80. The normalized spacial score (nSPS) is 29.3. The van der Waals surface area contributed by atoms with E-state index in [2.05, 4.69) is 10.6 Å². The Balaban J connectivity index is 1.24. The third-order valence-corrected chi connectivity index (χ3v) is 7.58. The molecule has 4 aliphatic rings. The molecule has 0 radical (unpaired) electrons. The van der Waals surface area contributed by atoms with Crippen LogP contribution < -0.4 is 15.4 Å². The van der Waals surface area contributed by atoms with Gasteiger partial charge < -0.3 is 15.0 Å². The van der Waals surface area contributed by atoms with Gasteiger partial charge in [-0.1, -0.05) is 12.8 Å². The average Bonchev–Trinajstić information content (AvgIpc) is 2.93. The fourth-order valence-electron chi connectivity index (χ4n) is 5.69. The fourth-order valence-corrected chi connectivity index (χ4v) is 5.69. The van der Waals surface area contributed by atoms with Crippen molar-refractivity contribution in [3.8, 4) is 5.75 Å². The molecule has 2 N–H and O–H groups in total.